The Balaban J connectivity index is 1.70. The molecule has 0 spiro atoms. The second-order valence-corrected chi connectivity index (χ2v) is 6.12. The van der Waals surface area contributed by atoms with Gasteiger partial charge in [-0.1, -0.05) is 35.9 Å². The normalized spacial score (nSPS) is 13.9. The SMILES string of the molecule is O=C(Cc1ccc(Cl)cc1)N(Cc1cccc(F)c1)C1CC1. The van der Waals surface area contributed by atoms with Crippen molar-refractivity contribution in [2.45, 2.75) is 31.8 Å². The standard InChI is InChI=1S/C18H17ClFNO/c19-15-6-4-13(5-7-15)11-18(22)21(17-8-9-17)12-14-2-1-3-16(20)10-14/h1-7,10,17H,8-9,11-12H2. The van der Waals surface area contributed by atoms with E-state index in [9.17, 15) is 9.18 Å². The molecule has 4 heteroatoms. The maximum absolute atomic E-state index is 13.3. The molecule has 0 atom stereocenters. The zero-order valence-corrected chi connectivity index (χ0v) is 12.9. The number of carbonyl (C=O) groups is 1. The molecule has 0 heterocycles. The molecule has 0 aromatic heterocycles. The highest BCUT2D eigenvalue weighted by Gasteiger charge is 2.32. The van der Waals surface area contributed by atoms with Crippen molar-refractivity contribution in [3.63, 3.8) is 0 Å². The largest absolute Gasteiger partial charge is 0.335 e. The molecule has 2 nitrogen and oxygen atoms in total. The summed E-state index contributed by atoms with van der Waals surface area (Å²) in [6.45, 7) is 0.467. The van der Waals surface area contributed by atoms with E-state index in [4.69, 9.17) is 11.6 Å². The van der Waals surface area contributed by atoms with Gasteiger partial charge in [-0.05, 0) is 48.2 Å². The third kappa shape index (κ3) is 3.86. The molecular formula is C18H17ClFNO. The second-order valence-electron chi connectivity index (χ2n) is 5.69. The average Bonchev–Trinajstić information content (AvgIpc) is 3.32. The van der Waals surface area contributed by atoms with Crippen molar-refractivity contribution < 1.29 is 9.18 Å². The molecule has 1 fully saturated rings. The number of amides is 1. The summed E-state index contributed by atoms with van der Waals surface area (Å²) >= 11 is 5.86. The van der Waals surface area contributed by atoms with Crippen LogP contribution in [0.25, 0.3) is 0 Å². The van der Waals surface area contributed by atoms with Gasteiger partial charge in [0.05, 0.1) is 6.42 Å². The van der Waals surface area contributed by atoms with Crippen molar-refractivity contribution in [2.75, 3.05) is 0 Å². The minimum Gasteiger partial charge on any atom is -0.335 e. The van der Waals surface area contributed by atoms with Gasteiger partial charge in [-0.3, -0.25) is 4.79 Å². The van der Waals surface area contributed by atoms with E-state index in [0.29, 0.717) is 24.0 Å². The van der Waals surface area contributed by atoms with Gasteiger partial charge in [0.2, 0.25) is 5.91 Å². The summed E-state index contributed by atoms with van der Waals surface area (Å²) in [4.78, 5) is 14.4. The summed E-state index contributed by atoms with van der Waals surface area (Å²) in [5.74, 6) is -0.188. The van der Waals surface area contributed by atoms with Gasteiger partial charge in [-0.15, -0.1) is 0 Å². The monoisotopic (exact) mass is 317 g/mol. The lowest BCUT2D eigenvalue weighted by Crippen LogP contribution is -2.33. The van der Waals surface area contributed by atoms with Crippen LogP contribution in [-0.2, 0) is 17.8 Å². The Morgan fingerprint density at radius 3 is 2.50 bits per heavy atom. The van der Waals surface area contributed by atoms with Gasteiger partial charge in [0.25, 0.3) is 0 Å². The first-order valence-corrected chi connectivity index (χ1v) is 7.78. The fourth-order valence-electron chi connectivity index (χ4n) is 2.52. The Hall–Kier alpha value is -1.87. The first-order chi connectivity index (χ1) is 10.6. The van der Waals surface area contributed by atoms with Crippen LogP contribution in [0.15, 0.2) is 48.5 Å². The summed E-state index contributed by atoms with van der Waals surface area (Å²) in [6.07, 6.45) is 2.41. The van der Waals surface area contributed by atoms with Gasteiger partial charge in [-0.25, -0.2) is 4.39 Å². The minimum absolute atomic E-state index is 0.0779. The van der Waals surface area contributed by atoms with Crippen LogP contribution in [0.3, 0.4) is 0 Å². The molecule has 0 bridgehead atoms. The zero-order valence-electron chi connectivity index (χ0n) is 12.1. The van der Waals surface area contributed by atoms with Gasteiger partial charge in [0.15, 0.2) is 0 Å². The van der Waals surface area contributed by atoms with Crippen molar-refractivity contribution in [1.29, 1.82) is 0 Å². The highest BCUT2D eigenvalue weighted by Crippen LogP contribution is 2.29. The number of rotatable bonds is 5. The molecular weight excluding hydrogens is 301 g/mol. The highest BCUT2D eigenvalue weighted by molar-refractivity contribution is 6.30. The van der Waals surface area contributed by atoms with E-state index >= 15 is 0 Å². The molecule has 3 rings (SSSR count). The lowest BCUT2D eigenvalue weighted by Gasteiger charge is -2.23. The van der Waals surface area contributed by atoms with Crippen LogP contribution in [0, 0.1) is 5.82 Å². The molecule has 114 valence electrons. The van der Waals surface area contributed by atoms with E-state index in [0.717, 1.165) is 24.0 Å². The number of benzene rings is 2. The zero-order chi connectivity index (χ0) is 15.5. The molecule has 0 N–H and O–H groups in total. The van der Waals surface area contributed by atoms with Gasteiger partial charge < -0.3 is 4.90 Å². The van der Waals surface area contributed by atoms with Crippen molar-refractivity contribution in [3.05, 3.63) is 70.5 Å². The summed E-state index contributed by atoms with van der Waals surface area (Å²) in [6, 6.07) is 14.1. The fraction of sp³-hybridized carbons (Fsp3) is 0.278. The summed E-state index contributed by atoms with van der Waals surface area (Å²) in [7, 11) is 0. The molecule has 2 aromatic carbocycles. The Bertz CT molecular complexity index is 667. The summed E-state index contributed by atoms with van der Waals surface area (Å²) in [5.41, 5.74) is 1.77. The molecule has 1 amide bonds. The van der Waals surface area contributed by atoms with E-state index in [1.807, 2.05) is 23.1 Å². The van der Waals surface area contributed by atoms with Crippen molar-refractivity contribution >= 4 is 17.5 Å². The van der Waals surface area contributed by atoms with E-state index in [1.54, 1.807) is 18.2 Å². The van der Waals surface area contributed by atoms with Crippen molar-refractivity contribution in [1.82, 2.24) is 4.90 Å². The molecule has 1 aliphatic rings. The predicted molar refractivity (Wildman–Crippen MR) is 85.1 cm³/mol. The van der Waals surface area contributed by atoms with Crippen LogP contribution in [0.4, 0.5) is 4.39 Å². The fourth-order valence-corrected chi connectivity index (χ4v) is 2.64. The topological polar surface area (TPSA) is 20.3 Å². The summed E-state index contributed by atoms with van der Waals surface area (Å²) in [5, 5.41) is 0.662. The van der Waals surface area contributed by atoms with Crippen LogP contribution in [0.5, 0.6) is 0 Å². The maximum atomic E-state index is 13.3. The minimum atomic E-state index is -0.265. The second kappa shape index (κ2) is 6.49. The van der Waals surface area contributed by atoms with Crippen LogP contribution >= 0.6 is 11.6 Å². The third-order valence-electron chi connectivity index (χ3n) is 3.82. The molecule has 2 aromatic rings. The van der Waals surface area contributed by atoms with Crippen LogP contribution < -0.4 is 0 Å². The number of hydrogen-bond donors (Lipinski definition) is 0. The van der Waals surface area contributed by atoms with Gasteiger partial charge >= 0.3 is 0 Å². The van der Waals surface area contributed by atoms with Crippen molar-refractivity contribution in [3.8, 4) is 0 Å². The average molecular weight is 318 g/mol. The highest BCUT2D eigenvalue weighted by atomic mass is 35.5. The first kappa shape index (κ1) is 15.0. The number of hydrogen-bond acceptors (Lipinski definition) is 1. The molecule has 0 unspecified atom stereocenters. The smallest absolute Gasteiger partial charge is 0.227 e. The maximum Gasteiger partial charge on any atom is 0.227 e. The Kier molecular flexibility index (Phi) is 4.44. The quantitative estimate of drug-likeness (QED) is 0.809. The lowest BCUT2D eigenvalue weighted by atomic mass is 10.1. The first-order valence-electron chi connectivity index (χ1n) is 7.40. The molecule has 1 saturated carbocycles. The van der Waals surface area contributed by atoms with Gasteiger partial charge in [0.1, 0.15) is 5.82 Å². The molecule has 0 saturated heterocycles. The number of halogens is 2. The van der Waals surface area contributed by atoms with Crippen LogP contribution in [0.2, 0.25) is 5.02 Å². The Morgan fingerprint density at radius 2 is 1.86 bits per heavy atom. The van der Waals surface area contributed by atoms with Crippen LogP contribution in [0.1, 0.15) is 24.0 Å². The molecule has 0 aliphatic heterocycles. The van der Waals surface area contributed by atoms with Crippen LogP contribution in [-0.4, -0.2) is 16.8 Å². The number of carbonyl (C=O) groups excluding carboxylic acids is 1. The predicted octanol–water partition coefficient (Wildman–Crippen LogP) is 4.21. The van der Waals surface area contributed by atoms with Gasteiger partial charge in [0, 0.05) is 17.6 Å². The Labute approximate surface area is 134 Å². The Morgan fingerprint density at radius 1 is 1.14 bits per heavy atom. The van der Waals surface area contributed by atoms with E-state index in [-0.39, 0.29) is 11.7 Å². The number of nitrogens with zero attached hydrogens (tertiary/aromatic N) is 1. The molecule has 0 radical (unpaired) electrons. The molecule has 22 heavy (non-hydrogen) atoms. The summed E-state index contributed by atoms with van der Waals surface area (Å²) < 4.78 is 13.3. The lowest BCUT2D eigenvalue weighted by molar-refractivity contribution is -0.131. The van der Waals surface area contributed by atoms with E-state index in [1.165, 1.54) is 12.1 Å². The van der Waals surface area contributed by atoms with E-state index < -0.39 is 0 Å². The molecule has 1 aliphatic carbocycles. The van der Waals surface area contributed by atoms with Crippen molar-refractivity contribution in [2.24, 2.45) is 0 Å². The third-order valence-corrected chi connectivity index (χ3v) is 4.07. The van der Waals surface area contributed by atoms with E-state index in [2.05, 4.69) is 0 Å². The van der Waals surface area contributed by atoms with Gasteiger partial charge in [-0.2, -0.15) is 0 Å².